The topological polar surface area (TPSA) is 58.6 Å². The molecule has 7 nitrogen and oxygen atoms in total. The fourth-order valence-electron chi connectivity index (χ4n) is 4.66. The van der Waals surface area contributed by atoms with Crippen LogP contribution in [0.2, 0.25) is 0 Å². The smallest absolute Gasteiger partial charge is 0.194 e. The Labute approximate surface area is 217 Å². The molecule has 2 saturated heterocycles. The number of methoxy groups -OCH3 is 1. The van der Waals surface area contributed by atoms with Crippen molar-refractivity contribution in [1.29, 1.82) is 0 Å². The Hall–Kier alpha value is -0.940. The fraction of sp³-hybridized carbons (Fsp3) is 0.720. The standard InChI is InChI=1S/C25H42N4O3.HI/c1-5-26-25(29-11-10-22(17-29)19-31-13-12-30-4)27-14-23-8-6-7-9-24(23)18-28-15-20(2)32-21(3)16-28;/h6-9,20-22H,5,10-19H2,1-4H3,(H,26,27);1H. The zero-order chi connectivity index (χ0) is 22.8. The molecule has 0 bridgehead atoms. The van der Waals surface area contributed by atoms with Crippen LogP contribution in [0.5, 0.6) is 0 Å². The maximum atomic E-state index is 5.90. The lowest BCUT2D eigenvalue weighted by Gasteiger charge is -2.35. The van der Waals surface area contributed by atoms with Crippen molar-refractivity contribution in [3.05, 3.63) is 35.4 Å². The molecule has 1 aromatic carbocycles. The molecule has 3 unspecified atom stereocenters. The molecule has 0 aliphatic carbocycles. The minimum absolute atomic E-state index is 0. The first-order valence-electron chi connectivity index (χ1n) is 12.1. The highest BCUT2D eigenvalue weighted by molar-refractivity contribution is 14.0. The van der Waals surface area contributed by atoms with Crippen molar-refractivity contribution < 1.29 is 14.2 Å². The zero-order valence-corrected chi connectivity index (χ0v) is 23.1. The molecule has 2 heterocycles. The predicted octanol–water partition coefficient (Wildman–Crippen LogP) is 3.36. The SMILES string of the molecule is CCNC(=NCc1ccccc1CN1CC(C)OC(C)C1)N1CCC(COCCOC)C1.I. The normalized spacial score (nSPS) is 24.1. The van der Waals surface area contributed by atoms with Gasteiger partial charge in [0.15, 0.2) is 5.96 Å². The lowest BCUT2D eigenvalue weighted by atomic mass is 10.1. The van der Waals surface area contributed by atoms with Crippen LogP contribution in [0.25, 0.3) is 0 Å². The first-order valence-corrected chi connectivity index (χ1v) is 12.1. The predicted molar refractivity (Wildman–Crippen MR) is 144 cm³/mol. The Morgan fingerprint density at radius 1 is 1.12 bits per heavy atom. The van der Waals surface area contributed by atoms with E-state index in [1.54, 1.807) is 7.11 Å². The number of ether oxygens (including phenoxy) is 3. The van der Waals surface area contributed by atoms with E-state index in [2.05, 4.69) is 60.2 Å². The van der Waals surface area contributed by atoms with Crippen LogP contribution >= 0.6 is 24.0 Å². The summed E-state index contributed by atoms with van der Waals surface area (Å²) in [5, 5.41) is 3.49. The van der Waals surface area contributed by atoms with Crippen LogP contribution in [0.4, 0.5) is 0 Å². The maximum Gasteiger partial charge on any atom is 0.194 e. The minimum Gasteiger partial charge on any atom is -0.382 e. The van der Waals surface area contributed by atoms with Crippen LogP contribution in [-0.4, -0.2) is 87.6 Å². The number of benzene rings is 1. The third-order valence-electron chi connectivity index (χ3n) is 6.11. The van der Waals surface area contributed by atoms with Gasteiger partial charge in [0.1, 0.15) is 0 Å². The van der Waals surface area contributed by atoms with E-state index in [9.17, 15) is 0 Å². The summed E-state index contributed by atoms with van der Waals surface area (Å²) in [4.78, 5) is 9.90. The lowest BCUT2D eigenvalue weighted by Crippen LogP contribution is -2.44. The van der Waals surface area contributed by atoms with Gasteiger partial charge in [0.05, 0.1) is 38.6 Å². The summed E-state index contributed by atoms with van der Waals surface area (Å²) in [6.45, 7) is 15.0. The van der Waals surface area contributed by atoms with E-state index in [1.165, 1.54) is 11.1 Å². The van der Waals surface area contributed by atoms with E-state index >= 15 is 0 Å². The van der Waals surface area contributed by atoms with E-state index in [1.807, 2.05) is 0 Å². The average molecular weight is 575 g/mol. The third kappa shape index (κ3) is 9.32. The Morgan fingerprint density at radius 2 is 1.85 bits per heavy atom. The van der Waals surface area contributed by atoms with Gasteiger partial charge in [-0.1, -0.05) is 24.3 Å². The lowest BCUT2D eigenvalue weighted by molar-refractivity contribution is -0.0705. The molecule has 8 heteroatoms. The van der Waals surface area contributed by atoms with Gasteiger partial charge in [-0.25, -0.2) is 4.99 Å². The fourth-order valence-corrected chi connectivity index (χ4v) is 4.66. The van der Waals surface area contributed by atoms with Crippen molar-refractivity contribution in [2.45, 2.75) is 52.5 Å². The Morgan fingerprint density at radius 3 is 2.55 bits per heavy atom. The molecule has 1 aromatic rings. The number of aliphatic imine (C=N–C) groups is 1. The summed E-state index contributed by atoms with van der Waals surface area (Å²) >= 11 is 0. The number of guanidine groups is 1. The largest absolute Gasteiger partial charge is 0.382 e. The number of hydrogen-bond acceptors (Lipinski definition) is 5. The van der Waals surface area contributed by atoms with Gasteiger partial charge in [-0.3, -0.25) is 4.90 Å². The Bertz CT molecular complexity index is 711. The van der Waals surface area contributed by atoms with Crippen LogP contribution in [0.15, 0.2) is 29.3 Å². The minimum atomic E-state index is 0. The van der Waals surface area contributed by atoms with Crippen LogP contribution in [0.3, 0.4) is 0 Å². The van der Waals surface area contributed by atoms with Gasteiger partial charge in [0, 0.05) is 52.3 Å². The zero-order valence-electron chi connectivity index (χ0n) is 20.8. The van der Waals surface area contributed by atoms with E-state index in [4.69, 9.17) is 19.2 Å². The van der Waals surface area contributed by atoms with Crippen molar-refractivity contribution >= 4 is 29.9 Å². The van der Waals surface area contributed by atoms with Crippen molar-refractivity contribution in [2.75, 3.05) is 59.7 Å². The molecular formula is C25H43IN4O3. The highest BCUT2D eigenvalue weighted by Gasteiger charge is 2.25. The number of morpholine rings is 1. The molecule has 3 rings (SSSR count). The summed E-state index contributed by atoms with van der Waals surface area (Å²) in [5.74, 6) is 1.56. The van der Waals surface area contributed by atoms with Gasteiger partial charge in [0.25, 0.3) is 0 Å². The first kappa shape index (κ1) is 28.3. The highest BCUT2D eigenvalue weighted by Crippen LogP contribution is 2.19. The first-order chi connectivity index (χ1) is 15.6. The summed E-state index contributed by atoms with van der Waals surface area (Å²) in [6.07, 6.45) is 1.71. The van der Waals surface area contributed by atoms with Crippen LogP contribution in [0, 0.1) is 5.92 Å². The van der Waals surface area contributed by atoms with Gasteiger partial charge in [-0.2, -0.15) is 0 Å². The van der Waals surface area contributed by atoms with Crippen molar-refractivity contribution in [3.63, 3.8) is 0 Å². The van der Waals surface area contributed by atoms with E-state index in [0.717, 1.165) is 58.3 Å². The van der Waals surface area contributed by atoms with Gasteiger partial charge in [-0.05, 0) is 38.3 Å². The Balaban J connectivity index is 0.00000385. The maximum absolute atomic E-state index is 5.90. The molecule has 2 aliphatic heterocycles. The number of rotatable bonds is 10. The van der Waals surface area contributed by atoms with Crippen LogP contribution < -0.4 is 5.32 Å². The molecule has 2 aliphatic rings. The molecule has 0 saturated carbocycles. The quantitative estimate of drug-likeness (QED) is 0.200. The number of hydrogen-bond donors (Lipinski definition) is 1. The average Bonchev–Trinajstić information content (AvgIpc) is 3.23. The summed E-state index contributed by atoms with van der Waals surface area (Å²) in [5.41, 5.74) is 2.66. The molecule has 33 heavy (non-hydrogen) atoms. The monoisotopic (exact) mass is 574 g/mol. The summed E-state index contributed by atoms with van der Waals surface area (Å²) < 4.78 is 16.7. The number of likely N-dealkylation sites (tertiary alicyclic amines) is 1. The second kappa shape index (κ2) is 15.1. The summed E-state index contributed by atoms with van der Waals surface area (Å²) in [7, 11) is 1.71. The number of nitrogens with one attached hydrogen (secondary N) is 1. The molecule has 0 amide bonds. The number of nitrogens with zero attached hydrogens (tertiary/aromatic N) is 3. The highest BCUT2D eigenvalue weighted by atomic mass is 127. The third-order valence-corrected chi connectivity index (χ3v) is 6.11. The number of halogens is 1. The van der Waals surface area contributed by atoms with Gasteiger partial charge >= 0.3 is 0 Å². The molecule has 0 spiro atoms. The van der Waals surface area contributed by atoms with E-state index in [0.29, 0.717) is 25.7 Å². The van der Waals surface area contributed by atoms with Crippen molar-refractivity contribution in [3.8, 4) is 0 Å². The molecule has 0 radical (unpaired) electrons. The molecule has 3 atom stereocenters. The molecule has 1 N–H and O–H groups in total. The molecule has 188 valence electrons. The van der Waals surface area contributed by atoms with E-state index < -0.39 is 0 Å². The second-order valence-electron chi connectivity index (χ2n) is 9.06. The Kier molecular flexibility index (Phi) is 13.0. The molecule has 0 aromatic heterocycles. The molecular weight excluding hydrogens is 531 g/mol. The summed E-state index contributed by atoms with van der Waals surface area (Å²) in [6, 6.07) is 8.71. The van der Waals surface area contributed by atoms with Gasteiger partial charge in [0.2, 0.25) is 0 Å². The van der Waals surface area contributed by atoms with Crippen molar-refractivity contribution in [1.82, 2.24) is 15.1 Å². The molecule has 2 fully saturated rings. The second-order valence-corrected chi connectivity index (χ2v) is 9.06. The van der Waals surface area contributed by atoms with Gasteiger partial charge in [-0.15, -0.1) is 24.0 Å². The van der Waals surface area contributed by atoms with Crippen LogP contribution in [-0.2, 0) is 27.3 Å². The van der Waals surface area contributed by atoms with E-state index in [-0.39, 0.29) is 36.2 Å². The van der Waals surface area contributed by atoms with Crippen LogP contribution in [0.1, 0.15) is 38.3 Å². The van der Waals surface area contributed by atoms with Crippen molar-refractivity contribution in [2.24, 2.45) is 10.9 Å². The van der Waals surface area contributed by atoms with Gasteiger partial charge < -0.3 is 24.4 Å².